The van der Waals surface area contributed by atoms with Crippen molar-refractivity contribution in [1.82, 2.24) is 4.90 Å². The van der Waals surface area contributed by atoms with Gasteiger partial charge in [0.1, 0.15) is 0 Å². The normalized spacial score (nSPS) is 29.2. The molecular formula is C9H19NO. The highest BCUT2D eigenvalue weighted by Gasteiger charge is 2.24. The molecule has 11 heavy (non-hydrogen) atoms. The lowest BCUT2D eigenvalue weighted by Gasteiger charge is -2.22. The fourth-order valence-corrected chi connectivity index (χ4v) is 1.60. The van der Waals surface area contributed by atoms with Crippen molar-refractivity contribution >= 4 is 0 Å². The third-order valence-corrected chi connectivity index (χ3v) is 2.72. The van der Waals surface area contributed by atoms with Gasteiger partial charge < -0.3 is 4.74 Å². The van der Waals surface area contributed by atoms with Crippen LogP contribution < -0.4 is 0 Å². The van der Waals surface area contributed by atoms with Crippen molar-refractivity contribution in [3.8, 4) is 0 Å². The van der Waals surface area contributed by atoms with Gasteiger partial charge in [-0.1, -0.05) is 6.92 Å². The first kappa shape index (κ1) is 9.01. The molecule has 0 bridgehead atoms. The first-order valence-corrected chi connectivity index (χ1v) is 4.54. The van der Waals surface area contributed by atoms with Gasteiger partial charge >= 0.3 is 0 Å². The van der Waals surface area contributed by atoms with Crippen LogP contribution in [0.2, 0.25) is 0 Å². The van der Waals surface area contributed by atoms with E-state index in [1.165, 1.54) is 19.4 Å². The number of ether oxygens (including phenoxy) is 1. The first-order chi connectivity index (χ1) is 5.27. The summed E-state index contributed by atoms with van der Waals surface area (Å²) in [6, 6.07) is 0.732. The molecule has 2 heteroatoms. The van der Waals surface area contributed by atoms with E-state index in [1.807, 2.05) is 7.11 Å². The predicted molar refractivity (Wildman–Crippen MR) is 46.7 cm³/mol. The zero-order chi connectivity index (χ0) is 8.27. The summed E-state index contributed by atoms with van der Waals surface area (Å²) in [5, 5.41) is 0. The Labute approximate surface area is 69.5 Å². The van der Waals surface area contributed by atoms with Crippen LogP contribution in [0, 0.1) is 0 Å². The van der Waals surface area contributed by atoms with Gasteiger partial charge in [0.05, 0.1) is 6.10 Å². The molecule has 0 N–H and O–H groups in total. The van der Waals surface area contributed by atoms with Gasteiger partial charge in [0.2, 0.25) is 0 Å². The van der Waals surface area contributed by atoms with Gasteiger partial charge in [0.25, 0.3) is 0 Å². The van der Waals surface area contributed by atoms with E-state index in [0.717, 1.165) is 12.6 Å². The summed E-state index contributed by atoms with van der Waals surface area (Å²) < 4.78 is 5.29. The van der Waals surface area contributed by atoms with Crippen LogP contribution in [-0.4, -0.2) is 37.2 Å². The van der Waals surface area contributed by atoms with Gasteiger partial charge in [-0.15, -0.1) is 0 Å². The van der Waals surface area contributed by atoms with Crippen LogP contribution >= 0.6 is 0 Å². The van der Waals surface area contributed by atoms with E-state index in [2.05, 4.69) is 18.7 Å². The molecule has 1 aliphatic rings. The van der Waals surface area contributed by atoms with Crippen LogP contribution in [-0.2, 0) is 4.74 Å². The third-order valence-electron chi connectivity index (χ3n) is 2.72. The van der Waals surface area contributed by atoms with Gasteiger partial charge in [-0.3, -0.25) is 4.90 Å². The second-order valence-corrected chi connectivity index (χ2v) is 3.40. The smallest absolute Gasteiger partial charge is 0.0710 e. The van der Waals surface area contributed by atoms with Gasteiger partial charge in [0.15, 0.2) is 0 Å². The summed E-state index contributed by atoms with van der Waals surface area (Å²) in [6.45, 7) is 6.88. The second-order valence-electron chi connectivity index (χ2n) is 3.40. The van der Waals surface area contributed by atoms with Crippen LogP contribution in [0.25, 0.3) is 0 Å². The van der Waals surface area contributed by atoms with Crippen molar-refractivity contribution in [3.05, 3.63) is 0 Å². The largest absolute Gasteiger partial charge is 0.380 e. The number of hydrogen-bond acceptors (Lipinski definition) is 2. The van der Waals surface area contributed by atoms with Crippen molar-refractivity contribution in [2.75, 3.05) is 20.2 Å². The zero-order valence-electron chi connectivity index (χ0n) is 7.84. The van der Waals surface area contributed by atoms with E-state index in [1.54, 1.807) is 0 Å². The summed E-state index contributed by atoms with van der Waals surface area (Å²) in [5.41, 5.74) is 0. The SMILES string of the molecule is CCC(C)N1CC[C@@H](OC)C1. The van der Waals surface area contributed by atoms with Crippen molar-refractivity contribution < 1.29 is 4.74 Å². The summed E-state index contributed by atoms with van der Waals surface area (Å²) >= 11 is 0. The van der Waals surface area contributed by atoms with E-state index in [-0.39, 0.29) is 0 Å². The Balaban J connectivity index is 2.29. The third kappa shape index (κ3) is 2.17. The summed E-state index contributed by atoms with van der Waals surface area (Å²) in [6.07, 6.45) is 2.95. The van der Waals surface area contributed by atoms with E-state index in [9.17, 15) is 0 Å². The Morgan fingerprint density at radius 2 is 2.36 bits per heavy atom. The molecule has 1 fully saturated rings. The zero-order valence-corrected chi connectivity index (χ0v) is 7.84. The Kier molecular flexibility index (Phi) is 3.34. The summed E-state index contributed by atoms with van der Waals surface area (Å²) in [7, 11) is 1.81. The number of nitrogens with zero attached hydrogens (tertiary/aromatic N) is 1. The maximum atomic E-state index is 5.29. The number of hydrogen-bond donors (Lipinski definition) is 0. The highest BCUT2D eigenvalue weighted by molar-refractivity contribution is 4.78. The molecule has 2 nitrogen and oxygen atoms in total. The molecular weight excluding hydrogens is 138 g/mol. The minimum atomic E-state index is 0.490. The summed E-state index contributed by atoms with van der Waals surface area (Å²) in [5.74, 6) is 0. The van der Waals surface area contributed by atoms with Crippen molar-refractivity contribution in [1.29, 1.82) is 0 Å². The average Bonchev–Trinajstić information content (AvgIpc) is 2.50. The lowest BCUT2D eigenvalue weighted by atomic mass is 10.2. The maximum absolute atomic E-state index is 5.29. The van der Waals surface area contributed by atoms with Crippen LogP contribution in [0.4, 0.5) is 0 Å². The lowest BCUT2D eigenvalue weighted by Crippen LogP contribution is -2.31. The molecule has 0 aromatic rings. The Hall–Kier alpha value is -0.0800. The molecule has 0 aromatic heterocycles. The van der Waals surface area contributed by atoms with E-state index in [4.69, 9.17) is 4.74 Å². The van der Waals surface area contributed by atoms with Crippen molar-refractivity contribution in [2.24, 2.45) is 0 Å². The lowest BCUT2D eigenvalue weighted by molar-refractivity contribution is 0.102. The maximum Gasteiger partial charge on any atom is 0.0710 e. The fraction of sp³-hybridized carbons (Fsp3) is 1.00. The molecule has 0 spiro atoms. The minimum Gasteiger partial charge on any atom is -0.380 e. The quantitative estimate of drug-likeness (QED) is 0.615. The molecule has 1 rings (SSSR count). The van der Waals surface area contributed by atoms with E-state index >= 15 is 0 Å². The average molecular weight is 157 g/mol. The molecule has 66 valence electrons. The molecule has 0 aromatic carbocycles. The van der Waals surface area contributed by atoms with Crippen molar-refractivity contribution in [3.63, 3.8) is 0 Å². The van der Waals surface area contributed by atoms with Crippen LogP contribution in [0.3, 0.4) is 0 Å². The Morgan fingerprint density at radius 3 is 2.82 bits per heavy atom. The molecule has 1 heterocycles. The number of rotatable bonds is 3. The van der Waals surface area contributed by atoms with Gasteiger partial charge in [-0.2, -0.15) is 0 Å². The van der Waals surface area contributed by atoms with Crippen LogP contribution in [0.15, 0.2) is 0 Å². The summed E-state index contributed by atoms with van der Waals surface area (Å²) in [4.78, 5) is 2.51. The molecule has 0 saturated carbocycles. The molecule has 0 radical (unpaired) electrons. The molecule has 2 atom stereocenters. The Bertz CT molecular complexity index is 116. The standard InChI is InChI=1S/C9H19NO/c1-4-8(2)10-6-5-9(7-10)11-3/h8-9H,4-7H2,1-3H3/t8?,9-/m1/s1. The molecule has 1 saturated heterocycles. The Morgan fingerprint density at radius 1 is 1.64 bits per heavy atom. The highest BCUT2D eigenvalue weighted by atomic mass is 16.5. The number of methoxy groups -OCH3 is 1. The first-order valence-electron chi connectivity index (χ1n) is 4.54. The van der Waals surface area contributed by atoms with Crippen molar-refractivity contribution in [2.45, 2.75) is 38.8 Å². The fourth-order valence-electron chi connectivity index (χ4n) is 1.60. The molecule has 0 aliphatic carbocycles. The molecule has 1 unspecified atom stereocenters. The minimum absolute atomic E-state index is 0.490. The van der Waals surface area contributed by atoms with E-state index < -0.39 is 0 Å². The van der Waals surface area contributed by atoms with Crippen LogP contribution in [0.5, 0.6) is 0 Å². The molecule has 0 amide bonds. The highest BCUT2D eigenvalue weighted by Crippen LogP contribution is 2.15. The topological polar surface area (TPSA) is 12.5 Å². The predicted octanol–water partition coefficient (Wildman–Crippen LogP) is 1.51. The second kappa shape index (κ2) is 4.07. The monoisotopic (exact) mass is 157 g/mol. The van der Waals surface area contributed by atoms with Gasteiger partial charge in [0, 0.05) is 26.2 Å². The van der Waals surface area contributed by atoms with Crippen LogP contribution in [0.1, 0.15) is 26.7 Å². The molecule has 1 aliphatic heterocycles. The van der Waals surface area contributed by atoms with Gasteiger partial charge in [-0.25, -0.2) is 0 Å². The van der Waals surface area contributed by atoms with Gasteiger partial charge in [-0.05, 0) is 19.8 Å². The van der Waals surface area contributed by atoms with E-state index in [0.29, 0.717) is 6.10 Å². The number of likely N-dealkylation sites (tertiary alicyclic amines) is 1.